The average Bonchev–Trinajstić information content (AvgIpc) is 2.57. The molecule has 0 heterocycles. The summed E-state index contributed by atoms with van der Waals surface area (Å²) in [7, 11) is 0. The lowest BCUT2D eigenvalue weighted by atomic mass is 9.99. The SMILES string of the molecule is CCCCCCCC/C=C(\C(=O)OCCCO)C(O)C(O)CCC. The number of esters is 1. The number of allylic oxidation sites excluding steroid dienone is 1. The molecule has 0 radical (unpaired) electrons. The highest BCUT2D eigenvalue weighted by atomic mass is 16.5. The summed E-state index contributed by atoms with van der Waals surface area (Å²) in [6.45, 7) is 4.15. The first kappa shape index (κ1) is 23.1. The summed E-state index contributed by atoms with van der Waals surface area (Å²) in [5.41, 5.74) is 0.141. The molecule has 0 aromatic rings. The molecule has 24 heavy (non-hydrogen) atoms. The van der Waals surface area contributed by atoms with Crippen molar-refractivity contribution in [2.75, 3.05) is 13.2 Å². The third kappa shape index (κ3) is 10.8. The van der Waals surface area contributed by atoms with Gasteiger partial charge in [-0.3, -0.25) is 0 Å². The maximum absolute atomic E-state index is 12.1. The van der Waals surface area contributed by atoms with Crippen LogP contribution in [0.25, 0.3) is 0 Å². The van der Waals surface area contributed by atoms with E-state index in [1.165, 1.54) is 25.7 Å². The zero-order chi connectivity index (χ0) is 18.2. The Balaban J connectivity index is 4.54. The van der Waals surface area contributed by atoms with Crippen LogP contribution >= 0.6 is 0 Å². The zero-order valence-electron chi connectivity index (χ0n) is 15.4. The normalized spacial score (nSPS) is 14.5. The van der Waals surface area contributed by atoms with E-state index in [1.807, 2.05) is 6.92 Å². The Morgan fingerprint density at radius 2 is 1.67 bits per heavy atom. The molecule has 0 aromatic heterocycles. The Morgan fingerprint density at radius 3 is 2.29 bits per heavy atom. The van der Waals surface area contributed by atoms with Crippen molar-refractivity contribution in [3.05, 3.63) is 11.6 Å². The van der Waals surface area contributed by atoms with Gasteiger partial charge in [-0.25, -0.2) is 4.79 Å². The molecule has 0 amide bonds. The van der Waals surface area contributed by atoms with Gasteiger partial charge in [-0.1, -0.05) is 58.4 Å². The summed E-state index contributed by atoms with van der Waals surface area (Å²) >= 11 is 0. The molecule has 0 saturated heterocycles. The minimum atomic E-state index is -1.22. The fourth-order valence-corrected chi connectivity index (χ4v) is 2.48. The first-order chi connectivity index (χ1) is 11.6. The molecular formula is C19H36O5. The number of aliphatic hydroxyl groups excluding tert-OH is 3. The summed E-state index contributed by atoms with van der Waals surface area (Å²) in [4.78, 5) is 12.1. The fraction of sp³-hybridized carbons (Fsp3) is 0.842. The van der Waals surface area contributed by atoms with E-state index in [9.17, 15) is 15.0 Å². The molecule has 2 atom stereocenters. The standard InChI is InChI=1S/C19H36O5/c1-3-5-6-7-8-9-10-13-16(18(22)17(21)12-4-2)19(23)24-15-11-14-20/h13,17-18,20-22H,3-12,14-15H2,1-2H3/b16-13-. The van der Waals surface area contributed by atoms with Gasteiger partial charge in [-0.2, -0.15) is 0 Å². The van der Waals surface area contributed by atoms with Gasteiger partial charge in [0.2, 0.25) is 0 Å². The Labute approximate surface area is 146 Å². The highest BCUT2D eigenvalue weighted by Crippen LogP contribution is 2.16. The molecule has 5 heteroatoms. The van der Waals surface area contributed by atoms with E-state index in [1.54, 1.807) is 6.08 Å². The molecule has 0 aromatic carbocycles. The van der Waals surface area contributed by atoms with Gasteiger partial charge in [0, 0.05) is 13.0 Å². The zero-order valence-corrected chi connectivity index (χ0v) is 15.4. The smallest absolute Gasteiger partial charge is 0.336 e. The average molecular weight is 344 g/mol. The quantitative estimate of drug-likeness (QED) is 0.241. The Kier molecular flexibility index (Phi) is 15.0. The van der Waals surface area contributed by atoms with E-state index in [4.69, 9.17) is 9.84 Å². The highest BCUT2D eigenvalue weighted by Gasteiger charge is 2.26. The molecule has 3 N–H and O–H groups in total. The minimum absolute atomic E-state index is 0.0505. The predicted molar refractivity (Wildman–Crippen MR) is 95.7 cm³/mol. The summed E-state index contributed by atoms with van der Waals surface area (Å²) in [6.07, 6.45) is 8.65. The van der Waals surface area contributed by atoms with Crippen LogP contribution in [0.1, 0.15) is 78.1 Å². The van der Waals surface area contributed by atoms with Crippen molar-refractivity contribution in [2.24, 2.45) is 0 Å². The van der Waals surface area contributed by atoms with Crippen molar-refractivity contribution in [3.63, 3.8) is 0 Å². The first-order valence-electron chi connectivity index (χ1n) is 9.42. The highest BCUT2D eigenvalue weighted by molar-refractivity contribution is 5.89. The van der Waals surface area contributed by atoms with E-state index in [0.717, 1.165) is 19.3 Å². The Hall–Kier alpha value is -0.910. The lowest BCUT2D eigenvalue weighted by Gasteiger charge is -2.19. The molecule has 0 fully saturated rings. The molecular weight excluding hydrogens is 308 g/mol. The second kappa shape index (κ2) is 15.6. The van der Waals surface area contributed by atoms with Crippen LogP contribution in [0.15, 0.2) is 11.6 Å². The molecule has 142 valence electrons. The van der Waals surface area contributed by atoms with Crippen molar-refractivity contribution in [2.45, 2.75) is 90.3 Å². The van der Waals surface area contributed by atoms with Gasteiger partial charge in [0.05, 0.1) is 18.3 Å². The molecule has 0 aliphatic rings. The number of rotatable bonds is 15. The molecule has 5 nitrogen and oxygen atoms in total. The maximum Gasteiger partial charge on any atom is 0.336 e. The number of carbonyl (C=O) groups is 1. The lowest BCUT2D eigenvalue weighted by Crippen LogP contribution is -2.32. The Morgan fingerprint density at radius 1 is 1.00 bits per heavy atom. The molecule has 0 saturated carbocycles. The van der Waals surface area contributed by atoms with Crippen LogP contribution < -0.4 is 0 Å². The monoisotopic (exact) mass is 344 g/mol. The minimum Gasteiger partial charge on any atom is -0.462 e. The van der Waals surface area contributed by atoms with Crippen LogP contribution in [0.4, 0.5) is 0 Å². The van der Waals surface area contributed by atoms with Crippen molar-refractivity contribution < 1.29 is 24.9 Å². The van der Waals surface area contributed by atoms with Crippen LogP contribution in [0.3, 0.4) is 0 Å². The van der Waals surface area contributed by atoms with Gasteiger partial charge < -0.3 is 20.1 Å². The van der Waals surface area contributed by atoms with Crippen LogP contribution in [0.2, 0.25) is 0 Å². The van der Waals surface area contributed by atoms with Gasteiger partial charge in [0.1, 0.15) is 6.10 Å². The Bertz CT molecular complexity index is 341. The molecule has 0 spiro atoms. The summed E-state index contributed by atoms with van der Waals surface area (Å²) < 4.78 is 5.07. The van der Waals surface area contributed by atoms with E-state index in [2.05, 4.69) is 6.92 Å². The first-order valence-corrected chi connectivity index (χ1v) is 9.42. The second-order valence-corrected chi connectivity index (χ2v) is 6.23. The van der Waals surface area contributed by atoms with E-state index in [0.29, 0.717) is 19.3 Å². The van der Waals surface area contributed by atoms with E-state index in [-0.39, 0.29) is 18.8 Å². The predicted octanol–water partition coefficient (Wildman–Crippen LogP) is 3.11. The van der Waals surface area contributed by atoms with Crippen molar-refractivity contribution in [1.82, 2.24) is 0 Å². The third-order valence-corrected chi connectivity index (χ3v) is 3.96. The molecule has 2 unspecified atom stereocenters. The summed E-state index contributed by atoms with van der Waals surface area (Å²) in [6, 6.07) is 0. The summed E-state index contributed by atoms with van der Waals surface area (Å²) in [5, 5.41) is 29.0. The fourth-order valence-electron chi connectivity index (χ4n) is 2.48. The second-order valence-electron chi connectivity index (χ2n) is 6.23. The number of aliphatic hydroxyl groups is 3. The summed E-state index contributed by atoms with van der Waals surface area (Å²) in [5.74, 6) is -0.600. The van der Waals surface area contributed by atoms with Crippen molar-refractivity contribution in [3.8, 4) is 0 Å². The third-order valence-electron chi connectivity index (χ3n) is 3.96. The van der Waals surface area contributed by atoms with Gasteiger partial charge >= 0.3 is 5.97 Å². The molecule has 0 aliphatic carbocycles. The molecule has 0 bridgehead atoms. The van der Waals surface area contributed by atoms with Crippen LogP contribution in [-0.2, 0) is 9.53 Å². The van der Waals surface area contributed by atoms with Gasteiger partial charge in [0.15, 0.2) is 0 Å². The number of hydrogen-bond acceptors (Lipinski definition) is 5. The topological polar surface area (TPSA) is 87.0 Å². The largest absolute Gasteiger partial charge is 0.462 e. The maximum atomic E-state index is 12.1. The van der Waals surface area contributed by atoms with Gasteiger partial charge in [-0.15, -0.1) is 0 Å². The molecule has 0 aliphatic heterocycles. The number of ether oxygens (including phenoxy) is 1. The number of carbonyl (C=O) groups excluding carboxylic acids is 1. The number of unbranched alkanes of at least 4 members (excludes halogenated alkanes) is 6. The van der Waals surface area contributed by atoms with Gasteiger partial charge in [0.25, 0.3) is 0 Å². The van der Waals surface area contributed by atoms with Gasteiger partial charge in [-0.05, 0) is 19.3 Å². The number of hydrogen-bond donors (Lipinski definition) is 3. The van der Waals surface area contributed by atoms with Crippen LogP contribution in [0.5, 0.6) is 0 Å². The van der Waals surface area contributed by atoms with E-state index >= 15 is 0 Å². The van der Waals surface area contributed by atoms with Crippen molar-refractivity contribution >= 4 is 5.97 Å². The molecule has 0 rings (SSSR count). The van der Waals surface area contributed by atoms with Crippen LogP contribution in [0, 0.1) is 0 Å². The lowest BCUT2D eigenvalue weighted by molar-refractivity contribution is -0.141. The van der Waals surface area contributed by atoms with Crippen molar-refractivity contribution in [1.29, 1.82) is 0 Å². The van der Waals surface area contributed by atoms with Crippen LogP contribution in [-0.4, -0.2) is 46.7 Å². The van der Waals surface area contributed by atoms with E-state index < -0.39 is 18.2 Å².